The van der Waals surface area contributed by atoms with Gasteiger partial charge in [-0.2, -0.15) is 0 Å². The number of rotatable bonds is 6. The molecule has 34 heavy (non-hydrogen) atoms. The molecule has 0 spiro atoms. The van der Waals surface area contributed by atoms with Gasteiger partial charge in [0.15, 0.2) is 11.5 Å². The largest absolute Gasteiger partial charge is 0.493 e. The third kappa shape index (κ3) is 4.59. The van der Waals surface area contributed by atoms with Gasteiger partial charge in [0.1, 0.15) is 6.10 Å². The summed E-state index contributed by atoms with van der Waals surface area (Å²) in [5.74, 6) is 2.44. The number of nitrogens with zero attached hydrogens (tertiary/aromatic N) is 1. The molecule has 188 valence electrons. The fraction of sp³-hybridized carbons (Fsp3) is 0.679. The summed E-state index contributed by atoms with van der Waals surface area (Å²) in [7, 11) is 3.40. The van der Waals surface area contributed by atoms with Gasteiger partial charge in [0.25, 0.3) is 0 Å². The maximum absolute atomic E-state index is 11.9. The van der Waals surface area contributed by atoms with E-state index in [9.17, 15) is 9.90 Å². The lowest BCUT2D eigenvalue weighted by Gasteiger charge is -2.53. The minimum atomic E-state index is -0.831. The van der Waals surface area contributed by atoms with Crippen molar-refractivity contribution in [2.24, 2.45) is 23.7 Å². The van der Waals surface area contributed by atoms with Gasteiger partial charge in [-0.25, -0.2) is 0 Å². The van der Waals surface area contributed by atoms with E-state index in [0.29, 0.717) is 18.3 Å². The van der Waals surface area contributed by atoms with Gasteiger partial charge in [0, 0.05) is 44.5 Å². The van der Waals surface area contributed by atoms with Gasteiger partial charge < -0.3 is 19.3 Å². The third-order valence-corrected chi connectivity index (χ3v) is 8.70. The van der Waals surface area contributed by atoms with Gasteiger partial charge in [0.2, 0.25) is 0 Å². The lowest BCUT2D eigenvalue weighted by molar-refractivity contribution is -0.159. The van der Waals surface area contributed by atoms with Gasteiger partial charge in [0.05, 0.1) is 19.8 Å². The normalized spacial score (nSPS) is 32.1. The fourth-order valence-electron chi connectivity index (χ4n) is 6.72. The van der Waals surface area contributed by atoms with Crippen LogP contribution in [0.15, 0.2) is 23.8 Å². The van der Waals surface area contributed by atoms with Crippen LogP contribution < -0.4 is 9.47 Å². The van der Waals surface area contributed by atoms with Crippen molar-refractivity contribution in [1.29, 1.82) is 0 Å². The first-order valence-electron chi connectivity index (χ1n) is 12.7. The SMILES string of the molecule is COc1ccc2c(c1OC)CN(CC(C)[C@@H]1CC[C@@H](C)[C@]3(O)C[C@@H](OC(C)=O)C(C)=C[C@H]13)CC2. The second kappa shape index (κ2) is 9.90. The Bertz CT molecular complexity index is 943. The zero-order valence-electron chi connectivity index (χ0n) is 21.6. The van der Waals surface area contributed by atoms with E-state index >= 15 is 0 Å². The molecular formula is C28H41NO5. The van der Waals surface area contributed by atoms with Crippen LogP contribution in [0.25, 0.3) is 0 Å². The molecule has 0 bridgehead atoms. The summed E-state index contributed by atoms with van der Waals surface area (Å²) < 4.78 is 16.8. The van der Waals surface area contributed by atoms with Crippen molar-refractivity contribution in [3.8, 4) is 11.5 Å². The van der Waals surface area contributed by atoms with E-state index < -0.39 is 5.60 Å². The average molecular weight is 472 g/mol. The lowest BCUT2D eigenvalue weighted by atomic mass is 9.57. The quantitative estimate of drug-likeness (QED) is 0.491. The molecule has 6 nitrogen and oxygen atoms in total. The van der Waals surface area contributed by atoms with E-state index in [-0.39, 0.29) is 23.9 Å². The maximum Gasteiger partial charge on any atom is 0.303 e. The fourth-order valence-corrected chi connectivity index (χ4v) is 6.72. The van der Waals surface area contributed by atoms with Gasteiger partial charge in [-0.05, 0) is 61.1 Å². The first-order chi connectivity index (χ1) is 16.2. The van der Waals surface area contributed by atoms with Gasteiger partial charge in [-0.3, -0.25) is 9.69 Å². The average Bonchev–Trinajstić information content (AvgIpc) is 2.80. The van der Waals surface area contributed by atoms with Crippen LogP contribution >= 0.6 is 0 Å². The van der Waals surface area contributed by atoms with E-state index in [1.807, 2.05) is 13.0 Å². The Morgan fingerprint density at radius 1 is 1.26 bits per heavy atom. The molecule has 1 aromatic rings. The van der Waals surface area contributed by atoms with Crippen molar-refractivity contribution in [2.75, 3.05) is 27.3 Å². The van der Waals surface area contributed by atoms with Crippen molar-refractivity contribution in [3.63, 3.8) is 0 Å². The Labute approximate surface area is 204 Å². The first-order valence-corrected chi connectivity index (χ1v) is 12.7. The Hall–Kier alpha value is -2.05. The monoisotopic (exact) mass is 471 g/mol. The molecule has 6 atom stereocenters. The molecule has 0 amide bonds. The predicted octanol–water partition coefficient (Wildman–Crippen LogP) is 4.37. The summed E-state index contributed by atoms with van der Waals surface area (Å²) in [4.78, 5) is 14.1. The summed E-state index contributed by atoms with van der Waals surface area (Å²) in [5, 5.41) is 11.9. The number of aliphatic hydroxyl groups is 1. The zero-order chi connectivity index (χ0) is 24.6. The van der Waals surface area contributed by atoms with Crippen molar-refractivity contribution in [2.45, 2.75) is 71.6 Å². The Morgan fingerprint density at radius 2 is 2.03 bits per heavy atom. The Balaban J connectivity index is 1.52. The number of carbonyl (C=O) groups excluding carboxylic acids is 1. The molecule has 1 aliphatic heterocycles. The predicted molar refractivity (Wildman–Crippen MR) is 132 cm³/mol. The molecule has 1 unspecified atom stereocenters. The third-order valence-electron chi connectivity index (χ3n) is 8.70. The molecule has 1 N–H and O–H groups in total. The highest BCUT2D eigenvalue weighted by molar-refractivity contribution is 5.66. The Morgan fingerprint density at radius 3 is 2.71 bits per heavy atom. The molecule has 1 heterocycles. The molecule has 1 fully saturated rings. The highest BCUT2D eigenvalue weighted by Gasteiger charge is 2.52. The van der Waals surface area contributed by atoms with E-state index in [1.165, 1.54) is 18.1 Å². The van der Waals surface area contributed by atoms with Crippen molar-refractivity contribution in [1.82, 2.24) is 4.90 Å². The summed E-state index contributed by atoms with van der Waals surface area (Å²) in [5.41, 5.74) is 2.80. The topological polar surface area (TPSA) is 68.2 Å². The van der Waals surface area contributed by atoms with Crippen LogP contribution in [0.5, 0.6) is 11.5 Å². The molecule has 1 saturated carbocycles. The molecule has 1 aromatic carbocycles. The summed E-state index contributed by atoms with van der Waals surface area (Å²) in [6, 6.07) is 4.16. The van der Waals surface area contributed by atoms with E-state index in [2.05, 4.69) is 30.9 Å². The highest BCUT2D eigenvalue weighted by atomic mass is 16.5. The summed E-state index contributed by atoms with van der Waals surface area (Å²) in [6.45, 7) is 10.8. The van der Waals surface area contributed by atoms with Crippen molar-refractivity contribution < 1.29 is 24.1 Å². The first kappa shape index (κ1) is 25.1. The highest BCUT2D eigenvalue weighted by Crippen LogP contribution is 2.51. The number of methoxy groups -OCH3 is 2. The number of esters is 1. The Kier molecular flexibility index (Phi) is 7.30. The van der Waals surface area contributed by atoms with Crippen LogP contribution in [0.4, 0.5) is 0 Å². The minimum Gasteiger partial charge on any atom is -0.493 e. The molecule has 0 aromatic heterocycles. The van der Waals surface area contributed by atoms with Crippen molar-refractivity contribution >= 4 is 5.97 Å². The number of fused-ring (bicyclic) bond motifs is 2. The zero-order valence-corrected chi connectivity index (χ0v) is 21.6. The molecule has 0 radical (unpaired) electrons. The van der Waals surface area contributed by atoms with Crippen LogP contribution in [0.3, 0.4) is 0 Å². The molecular weight excluding hydrogens is 430 g/mol. The number of benzene rings is 1. The molecule has 0 saturated heterocycles. The van der Waals surface area contributed by atoms with Crippen LogP contribution in [0.2, 0.25) is 0 Å². The lowest BCUT2D eigenvalue weighted by Crippen LogP contribution is -2.56. The molecule has 3 aliphatic rings. The molecule has 6 heteroatoms. The smallest absolute Gasteiger partial charge is 0.303 e. The van der Waals surface area contributed by atoms with Gasteiger partial charge in [-0.1, -0.05) is 26.0 Å². The van der Waals surface area contributed by atoms with Crippen LogP contribution in [-0.4, -0.2) is 55.0 Å². The van der Waals surface area contributed by atoms with Crippen molar-refractivity contribution in [3.05, 3.63) is 34.9 Å². The van der Waals surface area contributed by atoms with E-state index in [0.717, 1.165) is 56.0 Å². The van der Waals surface area contributed by atoms with E-state index in [4.69, 9.17) is 14.2 Å². The second-order valence-corrected chi connectivity index (χ2v) is 10.8. The minimum absolute atomic E-state index is 0.0877. The van der Waals surface area contributed by atoms with Crippen LogP contribution in [-0.2, 0) is 22.5 Å². The number of hydrogen-bond donors (Lipinski definition) is 1. The van der Waals surface area contributed by atoms with Gasteiger partial charge >= 0.3 is 5.97 Å². The molecule has 2 aliphatic carbocycles. The maximum atomic E-state index is 11.9. The standard InChI is InChI=1S/C28H41NO5/c1-17-13-24-22(9-7-19(3)28(24,31)14-26(17)34-20(4)30)18(2)15-29-12-11-21-8-10-25(32-5)27(33-6)23(21)16-29/h8,10,13,18-19,22,24,26,31H,7,9,11-12,14-16H2,1-6H3/t18?,19-,22+,24-,26-,28-/m1/s1. The van der Waals surface area contributed by atoms with E-state index in [1.54, 1.807) is 14.2 Å². The van der Waals surface area contributed by atoms with Crippen LogP contribution in [0, 0.1) is 23.7 Å². The number of ether oxygens (including phenoxy) is 3. The summed E-state index contributed by atoms with van der Waals surface area (Å²) in [6.07, 6.45) is 5.50. The molecule has 4 rings (SSSR count). The summed E-state index contributed by atoms with van der Waals surface area (Å²) >= 11 is 0. The number of hydrogen-bond acceptors (Lipinski definition) is 6. The number of carbonyl (C=O) groups is 1. The van der Waals surface area contributed by atoms with Crippen LogP contribution in [0.1, 0.15) is 58.1 Å². The second-order valence-electron chi connectivity index (χ2n) is 10.8. The van der Waals surface area contributed by atoms with Gasteiger partial charge in [-0.15, -0.1) is 0 Å².